The normalized spacial score (nSPS) is 16.9. The van der Waals surface area contributed by atoms with Crippen LogP contribution in [0.15, 0.2) is 30.3 Å². The first-order valence-electron chi connectivity index (χ1n) is 9.55. The highest BCUT2D eigenvalue weighted by atomic mass is 16.5. The van der Waals surface area contributed by atoms with E-state index in [1.54, 1.807) is 0 Å². The monoisotopic (exact) mass is 368 g/mol. The molecule has 2 aromatic rings. The highest BCUT2D eigenvalue weighted by molar-refractivity contribution is 5.79. The molecule has 0 saturated carbocycles. The maximum atomic E-state index is 12.5. The molecule has 3 rings (SSSR count). The fourth-order valence-electron chi connectivity index (χ4n) is 3.46. The van der Waals surface area contributed by atoms with Crippen molar-refractivity contribution >= 4 is 11.7 Å². The van der Waals surface area contributed by atoms with Gasteiger partial charge in [-0.25, -0.2) is 0 Å². The van der Waals surface area contributed by atoms with Crippen molar-refractivity contribution < 1.29 is 9.53 Å². The lowest BCUT2D eigenvalue weighted by Gasteiger charge is -2.32. The number of amides is 1. The Labute approximate surface area is 160 Å². The molecule has 1 aromatic carbocycles. The molecule has 1 aromatic heterocycles. The topological polar surface area (TPSA) is 67.3 Å². The van der Waals surface area contributed by atoms with Gasteiger partial charge in [-0.05, 0) is 69.0 Å². The van der Waals surface area contributed by atoms with Crippen LogP contribution in [0.4, 0.5) is 5.82 Å². The number of piperidine rings is 1. The molecule has 27 heavy (non-hydrogen) atoms. The van der Waals surface area contributed by atoms with Gasteiger partial charge in [-0.15, -0.1) is 5.10 Å². The molecule has 1 amide bonds. The van der Waals surface area contributed by atoms with Crippen molar-refractivity contribution in [3.8, 4) is 5.75 Å². The number of benzene rings is 1. The van der Waals surface area contributed by atoms with E-state index in [4.69, 9.17) is 4.74 Å². The predicted molar refractivity (Wildman–Crippen MR) is 106 cm³/mol. The van der Waals surface area contributed by atoms with Crippen molar-refractivity contribution in [3.05, 3.63) is 47.2 Å². The van der Waals surface area contributed by atoms with Crippen LogP contribution in [0.3, 0.4) is 0 Å². The van der Waals surface area contributed by atoms with E-state index in [0.717, 1.165) is 36.6 Å². The molecule has 0 unspecified atom stereocenters. The first-order valence-corrected chi connectivity index (χ1v) is 9.55. The largest absolute Gasteiger partial charge is 0.492 e. The molecule has 0 bridgehead atoms. The summed E-state index contributed by atoms with van der Waals surface area (Å²) in [5.74, 6) is 1.76. The van der Waals surface area contributed by atoms with Crippen LogP contribution in [0.2, 0.25) is 0 Å². The third kappa shape index (κ3) is 5.42. The number of aryl methyl sites for hydroxylation is 3. The minimum absolute atomic E-state index is 0.0249. The van der Waals surface area contributed by atoms with Gasteiger partial charge in [-0.3, -0.25) is 4.79 Å². The van der Waals surface area contributed by atoms with Crippen molar-refractivity contribution in [2.45, 2.75) is 33.6 Å². The molecule has 144 valence electrons. The van der Waals surface area contributed by atoms with Gasteiger partial charge in [0.25, 0.3) is 0 Å². The molecule has 1 aliphatic rings. The van der Waals surface area contributed by atoms with Crippen LogP contribution in [-0.2, 0) is 4.79 Å². The molecule has 1 fully saturated rings. The number of aromatic nitrogens is 2. The summed E-state index contributed by atoms with van der Waals surface area (Å²) in [6.45, 7) is 8.59. The van der Waals surface area contributed by atoms with Crippen LogP contribution in [0.5, 0.6) is 5.75 Å². The summed E-state index contributed by atoms with van der Waals surface area (Å²) < 4.78 is 5.76. The minimum Gasteiger partial charge on any atom is -0.492 e. The number of nitrogens with one attached hydrogen (secondary N) is 1. The second-order valence-electron chi connectivity index (χ2n) is 7.28. The maximum absolute atomic E-state index is 12.5. The maximum Gasteiger partial charge on any atom is 0.225 e. The van der Waals surface area contributed by atoms with E-state index in [0.29, 0.717) is 19.7 Å². The van der Waals surface area contributed by atoms with E-state index in [9.17, 15) is 4.79 Å². The number of anilines is 1. The minimum atomic E-state index is -0.0249. The van der Waals surface area contributed by atoms with E-state index in [-0.39, 0.29) is 11.8 Å². The Morgan fingerprint density at radius 2 is 1.96 bits per heavy atom. The van der Waals surface area contributed by atoms with Gasteiger partial charge < -0.3 is 15.0 Å². The number of carbonyl (C=O) groups is 1. The van der Waals surface area contributed by atoms with Gasteiger partial charge in [0.2, 0.25) is 5.91 Å². The average Bonchev–Trinajstić information content (AvgIpc) is 2.65. The first-order chi connectivity index (χ1) is 13.0. The van der Waals surface area contributed by atoms with Crippen molar-refractivity contribution in [1.82, 2.24) is 15.5 Å². The highest BCUT2D eigenvalue weighted by Crippen LogP contribution is 2.21. The molecule has 0 aliphatic carbocycles. The molecule has 1 atom stereocenters. The lowest BCUT2D eigenvalue weighted by atomic mass is 9.97. The number of ether oxygens (including phenoxy) is 1. The van der Waals surface area contributed by atoms with Crippen molar-refractivity contribution in [3.63, 3.8) is 0 Å². The van der Waals surface area contributed by atoms with E-state index in [1.165, 1.54) is 11.1 Å². The predicted octanol–water partition coefficient (Wildman–Crippen LogP) is 2.81. The zero-order chi connectivity index (χ0) is 19.2. The quantitative estimate of drug-likeness (QED) is 0.794. The van der Waals surface area contributed by atoms with Crippen molar-refractivity contribution in [1.29, 1.82) is 0 Å². The molecule has 1 N–H and O–H groups in total. The Morgan fingerprint density at radius 3 is 2.67 bits per heavy atom. The van der Waals surface area contributed by atoms with Crippen LogP contribution in [0.1, 0.15) is 29.7 Å². The molecular formula is C21H28N4O2. The summed E-state index contributed by atoms with van der Waals surface area (Å²) >= 11 is 0. The molecule has 2 heterocycles. The van der Waals surface area contributed by atoms with Crippen LogP contribution in [0, 0.1) is 26.7 Å². The Hall–Kier alpha value is -2.63. The molecule has 6 nitrogen and oxygen atoms in total. The SMILES string of the molecule is Cc1cc(C)cc(OCCNC(=O)[C@@H]2CCCN(c3ccc(C)nn3)C2)c1. The second kappa shape index (κ2) is 8.84. The van der Waals surface area contributed by atoms with Crippen LogP contribution in [-0.4, -0.2) is 42.3 Å². The molecular weight excluding hydrogens is 340 g/mol. The molecule has 0 spiro atoms. The van der Waals surface area contributed by atoms with Crippen LogP contribution in [0.25, 0.3) is 0 Å². The first kappa shape index (κ1) is 19.1. The van der Waals surface area contributed by atoms with E-state index < -0.39 is 0 Å². The summed E-state index contributed by atoms with van der Waals surface area (Å²) in [5, 5.41) is 11.4. The lowest BCUT2D eigenvalue weighted by molar-refractivity contribution is -0.125. The van der Waals surface area contributed by atoms with Gasteiger partial charge in [0.15, 0.2) is 5.82 Å². The van der Waals surface area contributed by atoms with Crippen molar-refractivity contribution in [2.75, 3.05) is 31.1 Å². The average molecular weight is 368 g/mol. The van der Waals surface area contributed by atoms with Crippen LogP contribution < -0.4 is 15.0 Å². The van der Waals surface area contributed by atoms with Gasteiger partial charge in [0.1, 0.15) is 12.4 Å². The zero-order valence-corrected chi connectivity index (χ0v) is 16.4. The molecule has 1 aliphatic heterocycles. The third-order valence-corrected chi connectivity index (χ3v) is 4.77. The van der Waals surface area contributed by atoms with E-state index in [2.05, 4.69) is 40.3 Å². The van der Waals surface area contributed by atoms with Gasteiger partial charge in [-0.1, -0.05) is 6.07 Å². The summed E-state index contributed by atoms with van der Waals surface area (Å²) in [6.07, 6.45) is 1.88. The van der Waals surface area contributed by atoms with Gasteiger partial charge in [-0.2, -0.15) is 5.10 Å². The summed E-state index contributed by atoms with van der Waals surface area (Å²) in [5.41, 5.74) is 3.25. The highest BCUT2D eigenvalue weighted by Gasteiger charge is 2.26. The summed E-state index contributed by atoms with van der Waals surface area (Å²) in [7, 11) is 0. The molecule has 1 saturated heterocycles. The summed E-state index contributed by atoms with van der Waals surface area (Å²) in [4.78, 5) is 14.7. The number of carbonyl (C=O) groups excluding carboxylic acids is 1. The van der Waals surface area contributed by atoms with E-state index in [1.807, 2.05) is 31.2 Å². The Morgan fingerprint density at radius 1 is 1.19 bits per heavy atom. The number of hydrogen-bond acceptors (Lipinski definition) is 5. The Balaban J connectivity index is 1.45. The Kier molecular flexibility index (Phi) is 6.27. The smallest absolute Gasteiger partial charge is 0.225 e. The van der Waals surface area contributed by atoms with Gasteiger partial charge in [0, 0.05) is 13.1 Å². The number of hydrogen-bond donors (Lipinski definition) is 1. The third-order valence-electron chi connectivity index (χ3n) is 4.77. The molecule has 0 radical (unpaired) electrons. The van der Waals surface area contributed by atoms with Crippen molar-refractivity contribution in [2.24, 2.45) is 5.92 Å². The number of rotatable bonds is 6. The van der Waals surface area contributed by atoms with Gasteiger partial charge >= 0.3 is 0 Å². The molecule has 6 heteroatoms. The standard InChI is InChI=1S/C21H28N4O2/c1-15-11-16(2)13-19(12-15)27-10-8-22-21(26)18-5-4-9-25(14-18)20-7-6-17(3)23-24-20/h6-7,11-13,18H,4-5,8-10,14H2,1-3H3,(H,22,26)/t18-/m1/s1. The summed E-state index contributed by atoms with van der Waals surface area (Å²) in [6, 6.07) is 10.1. The zero-order valence-electron chi connectivity index (χ0n) is 16.4. The Bertz CT molecular complexity index is 756. The van der Waals surface area contributed by atoms with Crippen LogP contribution >= 0.6 is 0 Å². The number of nitrogens with zero attached hydrogens (tertiary/aromatic N) is 3. The fraction of sp³-hybridized carbons (Fsp3) is 0.476. The van der Waals surface area contributed by atoms with Gasteiger partial charge in [0.05, 0.1) is 18.2 Å². The van der Waals surface area contributed by atoms with E-state index >= 15 is 0 Å². The second-order valence-corrected chi connectivity index (χ2v) is 7.28. The lowest BCUT2D eigenvalue weighted by Crippen LogP contribution is -2.44. The fourth-order valence-corrected chi connectivity index (χ4v) is 3.46.